The fourth-order valence-electron chi connectivity index (χ4n) is 2.56. The van der Waals surface area contributed by atoms with Gasteiger partial charge in [-0.25, -0.2) is 0 Å². The Morgan fingerprint density at radius 2 is 1.88 bits per heavy atom. The first-order valence-electron chi connectivity index (χ1n) is 7.99. The number of amides is 3. The van der Waals surface area contributed by atoms with Crippen LogP contribution in [-0.2, 0) is 4.79 Å². The summed E-state index contributed by atoms with van der Waals surface area (Å²) in [4.78, 5) is 36.4. The molecule has 0 unspecified atom stereocenters. The van der Waals surface area contributed by atoms with Crippen LogP contribution in [0, 0.1) is 19.8 Å². The lowest BCUT2D eigenvalue weighted by atomic mass is 10.1. The highest BCUT2D eigenvalue weighted by Crippen LogP contribution is 2.33. The second kappa shape index (κ2) is 6.68. The molecule has 3 rings (SSSR count). The smallest absolute Gasteiger partial charge is 0.266 e. The van der Waals surface area contributed by atoms with Crippen molar-refractivity contribution in [3.63, 3.8) is 0 Å². The zero-order valence-electron chi connectivity index (χ0n) is 14.0. The van der Waals surface area contributed by atoms with E-state index in [0.29, 0.717) is 26.7 Å². The molecule has 25 heavy (non-hydrogen) atoms. The van der Waals surface area contributed by atoms with Crippen LogP contribution in [0.25, 0.3) is 0 Å². The van der Waals surface area contributed by atoms with Crippen molar-refractivity contribution in [2.24, 2.45) is 11.7 Å². The van der Waals surface area contributed by atoms with Crippen molar-refractivity contribution < 1.29 is 14.4 Å². The third-order valence-corrected chi connectivity index (χ3v) is 5.32. The van der Waals surface area contributed by atoms with Gasteiger partial charge in [-0.05, 0) is 56.0 Å². The van der Waals surface area contributed by atoms with Crippen LogP contribution in [0.1, 0.15) is 44.0 Å². The van der Waals surface area contributed by atoms with Crippen molar-refractivity contribution in [1.29, 1.82) is 0 Å². The number of aryl methyl sites for hydroxylation is 1. The number of hydrogen-bond donors (Lipinski definition) is 3. The van der Waals surface area contributed by atoms with Gasteiger partial charge in [0, 0.05) is 17.2 Å². The molecule has 1 aliphatic carbocycles. The number of hydrogen-bond acceptors (Lipinski definition) is 4. The maximum absolute atomic E-state index is 12.6. The highest BCUT2D eigenvalue weighted by Gasteiger charge is 2.30. The number of thiophene rings is 1. The van der Waals surface area contributed by atoms with Crippen molar-refractivity contribution in [2.45, 2.75) is 26.7 Å². The largest absolute Gasteiger partial charge is 0.366 e. The molecular weight excluding hydrogens is 338 g/mol. The summed E-state index contributed by atoms with van der Waals surface area (Å²) < 4.78 is 0. The van der Waals surface area contributed by atoms with E-state index in [4.69, 9.17) is 5.73 Å². The molecule has 0 aliphatic heterocycles. The van der Waals surface area contributed by atoms with E-state index in [1.54, 1.807) is 31.2 Å². The Morgan fingerprint density at radius 3 is 2.52 bits per heavy atom. The van der Waals surface area contributed by atoms with Gasteiger partial charge in [-0.3, -0.25) is 14.4 Å². The maximum Gasteiger partial charge on any atom is 0.266 e. The number of carbonyl (C=O) groups is 3. The van der Waals surface area contributed by atoms with Gasteiger partial charge in [0.05, 0.1) is 9.88 Å². The van der Waals surface area contributed by atoms with Gasteiger partial charge < -0.3 is 16.4 Å². The van der Waals surface area contributed by atoms with E-state index in [9.17, 15) is 14.4 Å². The summed E-state index contributed by atoms with van der Waals surface area (Å²) in [5, 5.41) is 6.34. The van der Waals surface area contributed by atoms with Crippen LogP contribution in [0.2, 0.25) is 0 Å². The number of benzene rings is 1. The number of carbonyl (C=O) groups excluding carboxylic acids is 3. The average molecular weight is 357 g/mol. The first kappa shape index (κ1) is 17.2. The Balaban J connectivity index is 1.77. The molecule has 130 valence electrons. The Morgan fingerprint density at radius 1 is 1.16 bits per heavy atom. The summed E-state index contributed by atoms with van der Waals surface area (Å²) in [5.74, 6) is -0.692. The van der Waals surface area contributed by atoms with Crippen LogP contribution in [0.3, 0.4) is 0 Å². The minimum absolute atomic E-state index is 0.0122. The lowest BCUT2D eigenvalue weighted by Crippen LogP contribution is -2.16. The molecule has 1 heterocycles. The van der Waals surface area contributed by atoms with Gasteiger partial charge in [-0.15, -0.1) is 11.3 Å². The summed E-state index contributed by atoms with van der Waals surface area (Å²) in [7, 11) is 0. The first-order valence-corrected chi connectivity index (χ1v) is 8.80. The Hall–Kier alpha value is -2.67. The fourth-order valence-corrected chi connectivity index (χ4v) is 3.53. The average Bonchev–Trinajstić information content (AvgIpc) is 3.33. The molecule has 7 heteroatoms. The van der Waals surface area contributed by atoms with Crippen LogP contribution >= 0.6 is 11.3 Å². The molecule has 1 fully saturated rings. The molecule has 1 aromatic heterocycles. The van der Waals surface area contributed by atoms with Gasteiger partial charge in [0.15, 0.2) is 0 Å². The second-order valence-electron chi connectivity index (χ2n) is 6.18. The zero-order chi connectivity index (χ0) is 18.1. The molecule has 1 aromatic carbocycles. The number of nitrogens with two attached hydrogens (primary N) is 1. The number of rotatable bonds is 5. The predicted molar refractivity (Wildman–Crippen MR) is 98.1 cm³/mol. The molecule has 6 nitrogen and oxygen atoms in total. The standard InChI is InChI=1S/C18H19N3O3S/c1-9-8-14(21-17(23)11-6-7-11)25-15(9)18(24)20-13-5-3-4-12(10(13)2)16(19)22/h3-5,8,11H,6-7H2,1-2H3,(H2,19,22)(H,20,24)(H,21,23). The van der Waals surface area contributed by atoms with Gasteiger partial charge in [0.1, 0.15) is 0 Å². The molecule has 0 spiro atoms. The quantitative estimate of drug-likeness (QED) is 0.766. The highest BCUT2D eigenvalue weighted by molar-refractivity contribution is 7.18. The van der Waals surface area contributed by atoms with Crippen LogP contribution in [0.5, 0.6) is 0 Å². The molecular formula is C18H19N3O3S. The maximum atomic E-state index is 12.6. The topological polar surface area (TPSA) is 101 Å². The lowest BCUT2D eigenvalue weighted by Gasteiger charge is -2.10. The highest BCUT2D eigenvalue weighted by atomic mass is 32.1. The van der Waals surface area contributed by atoms with E-state index in [-0.39, 0.29) is 17.7 Å². The van der Waals surface area contributed by atoms with Crippen molar-refractivity contribution in [1.82, 2.24) is 0 Å². The monoisotopic (exact) mass is 357 g/mol. The molecule has 0 atom stereocenters. The molecule has 0 saturated heterocycles. The van der Waals surface area contributed by atoms with Crippen molar-refractivity contribution >= 4 is 39.7 Å². The third kappa shape index (κ3) is 3.71. The van der Waals surface area contributed by atoms with Crippen molar-refractivity contribution in [3.05, 3.63) is 45.8 Å². The van der Waals surface area contributed by atoms with E-state index in [2.05, 4.69) is 10.6 Å². The number of anilines is 2. The molecule has 4 N–H and O–H groups in total. The summed E-state index contributed by atoms with van der Waals surface area (Å²) in [6.45, 7) is 3.56. The van der Waals surface area contributed by atoms with E-state index in [0.717, 1.165) is 18.4 Å². The third-order valence-electron chi connectivity index (χ3n) is 4.17. The molecule has 1 saturated carbocycles. The normalized spacial score (nSPS) is 13.4. The SMILES string of the molecule is Cc1cc(NC(=O)C2CC2)sc1C(=O)Nc1cccc(C(N)=O)c1C. The van der Waals surface area contributed by atoms with E-state index < -0.39 is 5.91 Å². The van der Waals surface area contributed by atoms with Crippen molar-refractivity contribution in [2.75, 3.05) is 10.6 Å². The van der Waals surface area contributed by atoms with Gasteiger partial charge in [0.2, 0.25) is 11.8 Å². The van der Waals surface area contributed by atoms with Crippen LogP contribution in [0.4, 0.5) is 10.7 Å². The molecule has 1 aliphatic rings. The van der Waals surface area contributed by atoms with Gasteiger partial charge in [0.25, 0.3) is 5.91 Å². The minimum atomic E-state index is -0.536. The number of primary amides is 1. The predicted octanol–water partition coefficient (Wildman–Crippen LogP) is 3.06. The summed E-state index contributed by atoms with van der Waals surface area (Å²) >= 11 is 1.24. The fraction of sp³-hybridized carbons (Fsp3) is 0.278. The van der Waals surface area contributed by atoms with Crippen LogP contribution in [-0.4, -0.2) is 17.7 Å². The second-order valence-corrected chi connectivity index (χ2v) is 7.24. The first-order chi connectivity index (χ1) is 11.9. The minimum Gasteiger partial charge on any atom is -0.366 e. The van der Waals surface area contributed by atoms with Crippen LogP contribution < -0.4 is 16.4 Å². The summed E-state index contributed by atoms with van der Waals surface area (Å²) in [6, 6.07) is 6.81. The Kier molecular flexibility index (Phi) is 4.59. The van der Waals surface area contributed by atoms with Gasteiger partial charge >= 0.3 is 0 Å². The summed E-state index contributed by atoms with van der Waals surface area (Å²) in [6.07, 6.45) is 1.86. The van der Waals surface area contributed by atoms with E-state index in [1.165, 1.54) is 11.3 Å². The summed E-state index contributed by atoms with van der Waals surface area (Å²) in [5.41, 5.74) is 7.67. The van der Waals surface area contributed by atoms with Crippen LogP contribution in [0.15, 0.2) is 24.3 Å². The molecule has 2 aromatic rings. The molecule has 0 bridgehead atoms. The van der Waals surface area contributed by atoms with Gasteiger partial charge in [-0.1, -0.05) is 6.07 Å². The molecule has 0 radical (unpaired) electrons. The molecule has 3 amide bonds. The zero-order valence-corrected chi connectivity index (χ0v) is 14.8. The van der Waals surface area contributed by atoms with E-state index >= 15 is 0 Å². The van der Waals surface area contributed by atoms with Gasteiger partial charge in [-0.2, -0.15) is 0 Å². The Bertz CT molecular complexity index is 868. The number of nitrogens with one attached hydrogen (secondary N) is 2. The van der Waals surface area contributed by atoms with Crippen molar-refractivity contribution in [3.8, 4) is 0 Å². The Labute approximate surface area is 149 Å². The van der Waals surface area contributed by atoms with E-state index in [1.807, 2.05) is 6.92 Å². The lowest BCUT2D eigenvalue weighted by molar-refractivity contribution is -0.117.